The Balaban J connectivity index is 0.00000144. The molecule has 0 spiro atoms. The van der Waals surface area contributed by atoms with Crippen LogP contribution in [0, 0.1) is 0 Å². The van der Waals surface area contributed by atoms with Crippen molar-refractivity contribution in [3.63, 3.8) is 0 Å². The lowest BCUT2D eigenvalue weighted by Crippen LogP contribution is -2.20. The second-order valence-corrected chi connectivity index (χ2v) is 3.04. The molecule has 1 atom stereocenters. The molecular formula is C7H8BrClN2O2. The summed E-state index contributed by atoms with van der Waals surface area (Å²) in [5.74, 6) is -1.06. The highest BCUT2D eigenvalue weighted by molar-refractivity contribution is 9.10. The predicted molar refractivity (Wildman–Crippen MR) is 53.7 cm³/mol. The summed E-state index contributed by atoms with van der Waals surface area (Å²) < 4.78 is 0.656. The van der Waals surface area contributed by atoms with Gasteiger partial charge in [-0.15, -0.1) is 12.4 Å². The number of carbonyl (C=O) groups is 1. The largest absolute Gasteiger partial charge is 0.480 e. The van der Waals surface area contributed by atoms with Crippen LogP contribution in [0.4, 0.5) is 0 Å². The Labute approximate surface area is 89.7 Å². The number of nitrogens with two attached hydrogens (primary N) is 1. The Morgan fingerprint density at radius 1 is 1.62 bits per heavy atom. The van der Waals surface area contributed by atoms with E-state index < -0.39 is 12.0 Å². The van der Waals surface area contributed by atoms with Gasteiger partial charge in [-0.25, -0.2) is 4.98 Å². The number of aromatic nitrogens is 1. The van der Waals surface area contributed by atoms with Gasteiger partial charge in [0.25, 0.3) is 0 Å². The Bertz CT molecular complexity index is 291. The third-order valence-electron chi connectivity index (χ3n) is 1.38. The van der Waals surface area contributed by atoms with E-state index in [4.69, 9.17) is 10.8 Å². The lowest BCUT2D eigenvalue weighted by atomic mass is 10.1. The van der Waals surface area contributed by atoms with Crippen LogP contribution >= 0.6 is 28.3 Å². The van der Waals surface area contributed by atoms with Crippen LogP contribution < -0.4 is 5.73 Å². The van der Waals surface area contributed by atoms with Gasteiger partial charge >= 0.3 is 5.97 Å². The van der Waals surface area contributed by atoms with Gasteiger partial charge < -0.3 is 10.8 Å². The molecule has 0 bridgehead atoms. The van der Waals surface area contributed by atoms with Gasteiger partial charge in [0.1, 0.15) is 10.6 Å². The molecule has 1 heterocycles. The third kappa shape index (κ3) is 3.30. The highest BCUT2D eigenvalue weighted by atomic mass is 79.9. The standard InChI is InChI=1S/C7H7BrN2O2.ClH/c8-5-2-1-4(3-10-5)6(9)7(11)12;/h1-3,6H,9H2,(H,11,12);1H. The van der Waals surface area contributed by atoms with Crippen LogP contribution in [0.2, 0.25) is 0 Å². The number of carboxylic acids is 1. The molecule has 4 nitrogen and oxygen atoms in total. The first-order valence-electron chi connectivity index (χ1n) is 3.21. The molecule has 6 heteroatoms. The average molecular weight is 268 g/mol. The first-order valence-corrected chi connectivity index (χ1v) is 4.00. The lowest BCUT2D eigenvalue weighted by Gasteiger charge is -2.04. The molecule has 0 fully saturated rings. The summed E-state index contributed by atoms with van der Waals surface area (Å²) >= 11 is 3.13. The summed E-state index contributed by atoms with van der Waals surface area (Å²) in [6.07, 6.45) is 1.43. The highest BCUT2D eigenvalue weighted by Gasteiger charge is 2.13. The smallest absolute Gasteiger partial charge is 0.325 e. The van der Waals surface area contributed by atoms with E-state index in [1.54, 1.807) is 12.1 Å². The topological polar surface area (TPSA) is 76.2 Å². The van der Waals surface area contributed by atoms with Crippen LogP contribution in [0.15, 0.2) is 22.9 Å². The molecule has 1 aromatic heterocycles. The number of halogens is 2. The van der Waals surface area contributed by atoms with Crippen molar-refractivity contribution in [3.05, 3.63) is 28.5 Å². The van der Waals surface area contributed by atoms with Crippen LogP contribution in [-0.4, -0.2) is 16.1 Å². The van der Waals surface area contributed by atoms with Gasteiger partial charge in [0.05, 0.1) is 0 Å². The fourth-order valence-corrected chi connectivity index (χ4v) is 0.948. The molecule has 1 aromatic rings. The molecular weight excluding hydrogens is 259 g/mol. The van der Waals surface area contributed by atoms with Crippen LogP contribution in [0.3, 0.4) is 0 Å². The van der Waals surface area contributed by atoms with E-state index in [-0.39, 0.29) is 12.4 Å². The zero-order valence-electron chi connectivity index (χ0n) is 6.48. The molecule has 3 N–H and O–H groups in total. The maximum Gasteiger partial charge on any atom is 0.325 e. The third-order valence-corrected chi connectivity index (χ3v) is 1.84. The van der Waals surface area contributed by atoms with Crippen molar-refractivity contribution in [1.82, 2.24) is 4.98 Å². The molecule has 0 saturated carbocycles. The molecule has 0 saturated heterocycles. The Kier molecular flexibility index (Phi) is 4.90. The second-order valence-electron chi connectivity index (χ2n) is 2.23. The number of hydrogen-bond acceptors (Lipinski definition) is 3. The van der Waals surface area contributed by atoms with Gasteiger partial charge in [0.15, 0.2) is 0 Å². The monoisotopic (exact) mass is 266 g/mol. The van der Waals surface area contributed by atoms with Gasteiger partial charge in [-0.1, -0.05) is 6.07 Å². The molecule has 0 aliphatic carbocycles. The van der Waals surface area contributed by atoms with Crippen molar-refractivity contribution < 1.29 is 9.90 Å². The van der Waals surface area contributed by atoms with Crippen molar-refractivity contribution in [3.8, 4) is 0 Å². The minimum Gasteiger partial charge on any atom is -0.480 e. The van der Waals surface area contributed by atoms with Crippen LogP contribution in [0.1, 0.15) is 11.6 Å². The minimum absolute atomic E-state index is 0. The zero-order valence-corrected chi connectivity index (χ0v) is 8.88. The molecule has 0 radical (unpaired) electrons. The summed E-state index contributed by atoms with van der Waals surface area (Å²) in [7, 11) is 0. The number of rotatable bonds is 2. The summed E-state index contributed by atoms with van der Waals surface area (Å²) in [6, 6.07) is 2.28. The maximum absolute atomic E-state index is 10.4. The number of aliphatic carboxylic acids is 1. The van der Waals surface area contributed by atoms with Crippen molar-refractivity contribution in [1.29, 1.82) is 0 Å². The van der Waals surface area contributed by atoms with Gasteiger partial charge in [-0.3, -0.25) is 4.79 Å². The molecule has 13 heavy (non-hydrogen) atoms. The number of carboxylic acid groups (broad SMARTS) is 1. The molecule has 0 aliphatic heterocycles. The lowest BCUT2D eigenvalue weighted by molar-refractivity contribution is -0.138. The number of nitrogens with zero attached hydrogens (tertiary/aromatic N) is 1. The van der Waals surface area contributed by atoms with E-state index in [2.05, 4.69) is 20.9 Å². The van der Waals surface area contributed by atoms with E-state index in [1.165, 1.54) is 6.20 Å². The average Bonchev–Trinajstić information content (AvgIpc) is 2.04. The molecule has 0 aromatic carbocycles. The Morgan fingerprint density at radius 2 is 2.23 bits per heavy atom. The molecule has 1 rings (SSSR count). The fourth-order valence-electron chi connectivity index (χ4n) is 0.714. The van der Waals surface area contributed by atoms with E-state index in [1.807, 2.05) is 0 Å². The predicted octanol–water partition coefficient (Wildman–Crippen LogP) is 1.35. The molecule has 1 unspecified atom stereocenters. The Hall–Kier alpha value is -0.650. The van der Waals surface area contributed by atoms with E-state index in [9.17, 15) is 4.79 Å². The van der Waals surface area contributed by atoms with Gasteiger partial charge in [0.2, 0.25) is 0 Å². The highest BCUT2D eigenvalue weighted by Crippen LogP contribution is 2.11. The van der Waals surface area contributed by atoms with Crippen LogP contribution in [0.25, 0.3) is 0 Å². The van der Waals surface area contributed by atoms with Crippen molar-refractivity contribution in [2.24, 2.45) is 5.73 Å². The Morgan fingerprint density at radius 3 is 2.62 bits per heavy atom. The van der Waals surface area contributed by atoms with E-state index in [0.29, 0.717) is 10.2 Å². The summed E-state index contributed by atoms with van der Waals surface area (Å²) in [6.45, 7) is 0. The summed E-state index contributed by atoms with van der Waals surface area (Å²) in [4.78, 5) is 14.3. The van der Waals surface area contributed by atoms with Gasteiger partial charge in [0, 0.05) is 6.20 Å². The van der Waals surface area contributed by atoms with Crippen molar-refractivity contribution in [2.75, 3.05) is 0 Å². The minimum atomic E-state index is -1.06. The first kappa shape index (κ1) is 12.3. The van der Waals surface area contributed by atoms with Crippen molar-refractivity contribution >= 4 is 34.3 Å². The first-order chi connectivity index (χ1) is 5.61. The second kappa shape index (κ2) is 5.16. The molecule has 0 amide bonds. The van der Waals surface area contributed by atoms with Crippen molar-refractivity contribution in [2.45, 2.75) is 6.04 Å². The fraction of sp³-hybridized carbons (Fsp3) is 0.143. The summed E-state index contributed by atoms with van der Waals surface area (Å²) in [5.41, 5.74) is 5.82. The van der Waals surface area contributed by atoms with Crippen LogP contribution in [-0.2, 0) is 4.79 Å². The molecule has 72 valence electrons. The molecule has 0 aliphatic rings. The maximum atomic E-state index is 10.4. The number of pyridine rings is 1. The van der Waals surface area contributed by atoms with Gasteiger partial charge in [-0.2, -0.15) is 0 Å². The van der Waals surface area contributed by atoms with E-state index >= 15 is 0 Å². The van der Waals surface area contributed by atoms with Crippen LogP contribution in [0.5, 0.6) is 0 Å². The normalized spacial score (nSPS) is 11.5. The van der Waals surface area contributed by atoms with Gasteiger partial charge in [-0.05, 0) is 27.6 Å². The SMILES string of the molecule is Cl.NC(C(=O)O)c1ccc(Br)nc1. The quantitative estimate of drug-likeness (QED) is 0.793. The van der Waals surface area contributed by atoms with E-state index in [0.717, 1.165) is 0 Å². The number of hydrogen-bond donors (Lipinski definition) is 2. The zero-order chi connectivity index (χ0) is 9.14. The summed E-state index contributed by atoms with van der Waals surface area (Å²) in [5, 5.41) is 8.54.